The number of carbonyl (C=O) groups is 2. The molecule has 2 heterocycles. The molecule has 0 radical (unpaired) electrons. The van der Waals surface area contributed by atoms with Gasteiger partial charge in [-0.05, 0) is 48.1 Å². The van der Waals surface area contributed by atoms with Crippen molar-refractivity contribution in [1.29, 1.82) is 0 Å². The van der Waals surface area contributed by atoms with Gasteiger partial charge in [-0.3, -0.25) is 14.6 Å². The van der Waals surface area contributed by atoms with Gasteiger partial charge in [-0.25, -0.2) is 0 Å². The fraction of sp³-hybridized carbons (Fsp3) is 0.409. The van der Waals surface area contributed by atoms with Crippen LogP contribution in [-0.4, -0.2) is 30.0 Å². The molecular weight excluding hydrogens is 340 g/mol. The first-order valence-corrected chi connectivity index (χ1v) is 9.50. The van der Waals surface area contributed by atoms with Crippen molar-refractivity contribution in [2.45, 2.75) is 39.0 Å². The lowest BCUT2D eigenvalue weighted by molar-refractivity contribution is -0.148. The summed E-state index contributed by atoms with van der Waals surface area (Å²) in [6.07, 6.45) is 5.34. The monoisotopic (exact) mass is 366 g/mol. The Morgan fingerprint density at radius 1 is 1.30 bits per heavy atom. The van der Waals surface area contributed by atoms with E-state index in [2.05, 4.69) is 24.9 Å². The minimum Gasteiger partial charge on any atom is -0.465 e. The predicted molar refractivity (Wildman–Crippen MR) is 105 cm³/mol. The van der Waals surface area contributed by atoms with Crippen LogP contribution < -0.4 is 4.90 Å². The second kappa shape index (κ2) is 8.80. The van der Waals surface area contributed by atoms with Crippen LogP contribution in [0.15, 0.2) is 48.8 Å². The molecule has 5 nitrogen and oxygen atoms in total. The number of aryl methyl sites for hydroxylation is 1. The van der Waals surface area contributed by atoms with Crippen molar-refractivity contribution in [1.82, 2.24) is 4.98 Å². The minimum atomic E-state index is -0.390. The number of carbonyl (C=O) groups excluding carboxylic acids is 2. The Morgan fingerprint density at radius 3 is 2.89 bits per heavy atom. The average molecular weight is 366 g/mol. The van der Waals surface area contributed by atoms with Crippen molar-refractivity contribution >= 4 is 17.6 Å². The van der Waals surface area contributed by atoms with Crippen molar-refractivity contribution in [3.8, 4) is 0 Å². The lowest BCUT2D eigenvalue weighted by Crippen LogP contribution is -2.26. The normalized spacial score (nSPS) is 16.8. The maximum atomic E-state index is 12.4. The molecule has 1 saturated heterocycles. The van der Waals surface area contributed by atoms with Gasteiger partial charge < -0.3 is 9.64 Å². The van der Waals surface area contributed by atoms with Crippen LogP contribution in [0.1, 0.15) is 43.7 Å². The van der Waals surface area contributed by atoms with Crippen LogP contribution in [0.25, 0.3) is 0 Å². The molecule has 2 aromatic rings. The fourth-order valence-corrected chi connectivity index (χ4v) is 3.28. The van der Waals surface area contributed by atoms with E-state index in [1.165, 1.54) is 5.56 Å². The molecule has 1 amide bonds. The van der Waals surface area contributed by atoms with Crippen LogP contribution in [-0.2, 0) is 20.7 Å². The third kappa shape index (κ3) is 4.94. The van der Waals surface area contributed by atoms with Gasteiger partial charge in [-0.15, -0.1) is 0 Å². The fourth-order valence-electron chi connectivity index (χ4n) is 3.28. The van der Waals surface area contributed by atoms with Gasteiger partial charge in [0.2, 0.25) is 5.91 Å². The molecule has 1 fully saturated rings. The quantitative estimate of drug-likeness (QED) is 0.553. The topological polar surface area (TPSA) is 59.5 Å². The maximum Gasteiger partial charge on any atom is 0.311 e. The Bertz CT molecular complexity index is 789. The Morgan fingerprint density at radius 2 is 2.15 bits per heavy atom. The number of rotatable bonds is 7. The van der Waals surface area contributed by atoms with Crippen molar-refractivity contribution in [2.75, 3.05) is 18.1 Å². The molecule has 5 heteroatoms. The molecule has 142 valence electrons. The molecule has 27 heavy (non-hydrogen) atoms. The van der Waals surface area contributed by atoms with E-state index < -0.39 is 5.92 Å². The SMILES string of the molecule is CC(C)c1cccc(N2CC(C(=O)OCCCc3cccnc3)CC2=O)c1. The Hall–Kier alpha value is -2.69. The number of benzene rings is 1. The van der Waals surface area contributed by atoms with Crippen molar-refractivity contribution in [3.63, 3.8) is 0 Å². The number of nitrogens with zero attached hydrogens (tertiary/aromatic N) is 2. The van der Waals surface area contributed by atoms with Gasteiger partial charge in [0.25, 0.3) is 0 Å². The van der Waals surface area contributed by atoms with E-state index in [9.17, 15) is 9.59 Å². The summed E-state index contributed by atoms with van der Waals surface area (Å²) in [6.45, 7) is 5.00. The van der Waals surface area contributed by atoms with Crippen LogP contribution >= 0.6 is 0 Å². The summed E-state index contributed by atoms with van der Waals surface area (Å²) in [5, 5.41) is 0. The standard InChI is InChI=1S/C22H26N2O3/c1-16(2)18-8-3-9-20(12-18)24-15-19(13-21(24)25)22(26)27-11-5-7-17-6-4-10-23-14-17/h3-4,6,8-10,12,14,16,19H,5,7,11,13,15H2,1-2H3. The van der Waals surface area contributed by atoms with Crippen LogP contribution in [0, 0.1) is 5.92 Å². The number of hydrogen-bond acceptors (Lipinski definition) is 4. The van der Waals surface area contributed by atoms with Gasteiger partial charge in [0.15, 0.2) is 0 Å². The smallest absolute Gasteiger partial charge is 0.311 e. The molecule has 0 N–H and O–H groups in total. The Kier molecular flexibility index (Phi) is 6.22. The highest BCUT2D eigenvalue weighted by Crippen LogP contribution is 2.28. The molecule has 0 spiro atoms. The van der Waals surface area contributed by atoms with Crippen LogP contribution in [0.3, 0.4) is 0 Å². The van der Waals surface area contributed by atoms with Crippen molar-refractivity contribution in [3.05, 3.63) is 59.9 Å². The predicted octanol–water partition coefficient (Wildman–Crippen LogP) is 3.73. The average Bonchev–Trinajstić information content (AvgIpc) is 3.08. The van der Waals surface area contributed by atoms with Gasteiger partial charge in [0.05, 0.1) is 12.5 Å². The molecule has 0 saturated carbocycles. The summed E-state index contributed by atoms with van der Waals surface area (Å²) in [5.41, 5.74) is 3.17. The third-order valence-electron chi connectivity index (χ3n) is 4.88. The number of aromatic nitrogens is 1. The van der Waals surface area contributed by atoms with Gasteiger partial charge in [-0.2, -0.15) is 0 Å². The van der Waals surface area contributed by atoms with Gasteiger partial charge in [0, 0.05) is 31.0 Å². The Labute approximate surface area is 160 Å². The van der Waals surface area contributed by atoms with E-state index in [4.69, 9.17) is 4.74 Å². The third-order valence-corrected chi connectivity index (χ3v) is 4.88. The van der Waals surface area contributed by atoms with Gasteiger partial charge >= 0.3 is 5.97 Å². The van der Waals surface area contributed by atoms with E-state index >= 15 is 0 Å². The zero-order chi connectivity index (χ0) is 19.2. The maximum absolute atomic E-state index is 12.4. The molecule has 0 aliphatic carbocycles. The second-order valence-corrected chi connectivity index (χ2v) is 7.29. The highest BCUT2D eigenvalue weighted by Gasteiger charge is 2.36. The Balaban J connectivity index is 1.51. The first kappa shape index (κ1) is 19.1. The molecule has 1 aromatic heterocycles. The molecule has 1 unspecified atom stereocenters. The molecule has 1 aromatic carbocycles. The zero-order valence-electron chi connectivity index (χ0n) is 15.9. The van der Waals surface area contributed by atoms with E-state index in [0.717, 1.165) is 24.1 Å². The van der Waals surface area contributed by atoms with Crippen LogP contribution in [0.5, 0.6) is 0 Å². The van der Waals surface area contributed by atoms with Gasteiger partial charge in [0.1, 0.15) is 0 Å². The number of anilines is 1. The molecule has 1 atom stereocenters. The van der Waals surface area contributed by atoms with Crippen LogP contribution in [0.4, 0.5) is 5.69 Å². The molecular formula is C22H26N2O3. The number of hydrogen-bond donors (Lipinski definition) is 0. The van der Waals surface area contributed by atoms with Crippen molar-refractivity contribution < 1.29 is 14.3 Å². The van der Waals surface area contributed by atoms with Crippen molar-refractivity contribution in [2.24, 2.45) is 5.92 Å². The highest BCUT2D eigenvalue weighted by molar-refractivity contribution is 5.99. The lowest BCUT2D eigenvalue weighted by atomic mass is 10.0. The number of esters is 1. The molecule has 0 bridgehead atoms. The van der Waals surface area contributed by atoms with E-state index in [1.54, 1.807) is 11.1 Å². The summed E-state index contributed by atoms with van der Waals surface area (Å²) in [6, 6.07) is 11.9. The summed E-state index contributed by atoms with van der Waals surface area (Å²) in [4.78, 5) is 30.5. The number of pyridine rings is 1. The number of ether oxygens (including phenoxy) is 1. The van der Waals surface area contributed by atoms with Gasteiger partial charge in [-0.1, -0.05) is 32.0 Å². The lowest BCUT2D eigenvalue weighted by Gasteiger charge is -2.18. The zero-order valence-corrected chi connectivity index (χ0v) is 15.9. The summed E-state index contributed by atoms with van der Waals surface area (Å²) in [7, 11) is 0. The second-order valence-electron chi connectivity index (χ2n) is 7.29. The van der Waals surface area contributed by atoms with E-state index in [-0.39, 0.29) is 18.3 Å². The molecule has 1 aliphatic rings. The number of amides is 1. The molecule has 1 aliphatic heterocycles. The summed E-state index contributed by atoms with van der Waals surface area (Å²) < 4.78 is 5.40. The van der Waals surface area contributed by atoms with Crippen LogP contribution in [0.2, 0.25) is 0 Å². The van der Waals surface area contributed by atoms with E-state index in [1.807, 2.05) is 36.5 Å². The summed E-state index contributed by atoms with van der Waals surface area (Å²) >= 11 is 0. The summed E-state index contributed by atoms with van der Waals surface area (Å²) in [5.74, 6) is -0.299. The molecule has 3 rings (SSSR count). The highest BCUT2D eigenvalue weighted by atomic mass is 16.5. The largest absolute Gasteiger partial charge is 0.465 e. The minimum absolute atomic E-state index is 0.0202. The first-order valence-electron chi connectivity index (χ1n) is 9.50. The first-order chi connectivity index (χ1) is 13.0. The van der Waals surface area contributed by atoms with E-state index in [0.29, 0.717) is 19.1 Å².